The summed E-state index contributed by atoms with van der Waals surface area (Å²) in [6, 6.07) is 0. The maximum absolute atomic E-state index is 5.72. The number of aromatic nitrogens is 3. The second kappa shape index (κ2) is 6.17. The molecule has 0 fully saturated rings. The lowest BCUT2D eigenvalue weighted by Gasteiger charge is -2.03. The Bertz CT molecular complexity index is 464. The molecule has 0 spiro atoms. The number of aryl methyl sites for hydroxylation is 3. The van der Waals surface area contributed by atoms with E-state index in [1.54, 1.807) is 11.3 Å². The van der Waals surface area contributed by atoms with Crippen LogP contribution < -0.4 is 0 Å². The van der Waals surface area contributed by atoms with Crippen molar-refractivity contribution in [2.75, 3.05) is 0 Å². The largest absolute Gasteiger partial charge is 0.335 e. The van der Waals surface area contributed by atoms with Crippen molar-refractivity contribution in [3.63, 3.8) is 0 Å². The molecule has 5 heteroatoms. The minimum atomic E-state index is 0.519. The number of nitrogens with zero attached hydrogens (tertiary/aromatic N) is 3. The van der Waals surface area contributed by atoms with Crippen molar-refractivity contribution < 1.29 is 0 Å². The molecule has 0 N–H and O–H groups in total. The minimum Gasteiger partial charge on any atom is -0.335 e. The van der Waals surface area contributed by atoms with Gasteiger partial charge in [0.1, 0.15) is 5.82 Å². The highest BCUT2D eigenvalue weighted by molar-refractivity contribution is 7.09. The van der Waals surface area contributed by atoms with Crippen molar-refractivity contribution in [2.24, 2.45) is 0 Å². The molecule has 2 aromatic rings. The van der Waals surface area contributed by atoms with Crippen LogP contribution >= 0.6 is 22.9 Å². The molecule has 2 heterocycles. The third-order valence-corrected chi connectivity index (χ3v) is 3.93. The van der Waals surface area contributed by atoms with Crippen LogP contribution in [0, 0.1) is 6.92 Å². The topological polar surface area (TPSA) is 30.7 Å². The quantitative estimate of drug-likeness (QED) is 0.594. The lowest BCUT2D eigenvalue weighted by Crippen LogP contribution is -1.99. The maximum atomic E-state index is 5.72. The van der Waals surface area contributed by atoms with Crippen molar-refractivity contribution in [2.45, 2.75) is 38.6 Å². The highest BCUT2D eigenvalue weighted by atomic mass is 35.5. The summed E-state index contributed by atoms with van der Waals surface area (Å²) in [5.41, 5.74) is 0.997. The van der Waals surface area contributed by atoms with Gasteiger partial charge < -0.3 is 4.57 Å². The fourth-order valence-electron chi connectivity index (χ4n) is 1.72. The first-order valence-electron chi connectivity index (χ1n) is 5.76. The molecule has 0 atom stereocenters. The van der Waals surface area contributed by atoms with Crippen molar-refractivity contribution >= 4 is 22.9 Å². The monoisotopic (exact) mass is 269 g/mol. The highest BCUT2D eigenvalue weighted by Crippen LogP contribution is 2.14. The summed E-state index contributed by atoms with van der Waals surface area (Å²) in [4.78, 5) is 8.65. The number of halogens is 1. The third-order valence-electron chi connectivity index (χ3n) is 2.70. The van der Waals surface area contributed by atoms with Gasteiger partial charge in [-0.25, -0.2) is 9.97 Å². The number of alkyl halides is 1. The molecule has 0 unspecified atom stereocenters. The SMILES string of the molecule is Cc1nccn1CCCCc1nc(CCl)cs1. The molecule has 0 saturated heterocycles. The Balaban J connectivity index is 1.71. The van der Waals surface area contributed by atoms with Crippen molar-refractivity contribution in [3.8, 4) is 0 Å². The molecule has 92 valence electrons. The number of imidazole rings is 1. The summed E-state index contributed by atoms with van der Waals surface area (Å²) >= 11 is 7.43. The lowest BCUT2D eigenvalue weighted by molar-refractivity contribution is 0.595. The molecule has 0 radical (unpaired) electrons. The summed E-state index contributed by atoms with van der Waals surface area (Å²) in [6.07, 6.45) is 7.25. The fourth-order valence-corrected chi connectivity index (χ4v) is 2.79. The summed E-state index contributed by atoms with van der Waals surface area (Å²) in [5.74, 6) is 1.61. The maximum Gasteiger partial charge on any atom is 0.105 e. The molecular formula is C12H16ClN3S. The third kappa shape index (κ3) is 3.54. The van der Waals surface area contributed by atoms with Crippen LogP contribution in [0.15, 0.2) is 17.8 Å². The van der Waals surface area contributed by atoms with Gasteiger partial charge in [-0.1, -0.05) is 0 Å². The van der Waals surface area contributed by atoms with Gasteiger partial charge in [-0.15, -0.1) is 22.9 Å². The molecule has 0 aliphatic carbocycles. The van der Waals surface area contributed by atoms with Gasteiger partial charge in [-0.2, -0.15) is 0 Å². The van der Waals surface area contributed by atoms with Gasteiger partial charge in [0, 0.05) is 24.3 Å². The Labute approximate surface area is 110 Å². The zero-order valence-electron chi connectivity index (χ0n) is 9.90. The molecule has 2 rings (SSSR count). The first-order valence-corrected chi connectivity index (χ1v) is 7.18. The van der Waals surface area contributed by atoms with E-state index in [0.717, 1.165) is 37.3 Å². The average molecular weight is 270 g/mol. The van der Waals surface area contributed by atoms with E-state index >= 15 is 0 Å². The number of hydrogen-bond donors (Lipinski definition) is 0. The van der Waals surface area contributed by atoms with Gasteiger partial charge in [0.05, 0.1) is 16.6 Å². The van der Waals surface area contributed by atoms with Crippen LogP contribution in [-0.2, 0) is 18.8 Å². The van der Waals surface area contributed by atoms with E-state index in [0.29, 0.717) is 5.88 Å². The van der Waals surface area contributed by atoms with Crippen molar-refractivity contribution in [3.05, 3.63) is 34.3 Å². The zero-order chi connectivity index (χ0) is 12.1. The van der Waals surface area contributed by atoms with Crippen molar-refractivity contribution in [1.29, 1.82) is 0 Å². The molecule has 0 saturated carbocycles. The smallest absolute Gasteiger partial charge is 0.105 e. The van der Waals surface area contributed by atoms with Crippen LogP contribution in [0.1, 0.15) is 29.4 Å². The van der Waals surface area contributed by atoms with Crippen LogP contribution in [0.2, 0.25) is 0 Å². The standard InChI is InChI=1S/C12H16ClN3S/c1-10-14-5-7-16(10)6-3-2-4-12-15-11(8-13)9-17-12/h5,7,9H,2-4,6,8H2,1H3. The van der Waals surface area contributed by atoms with Crippen LogP contribution in [-0.4, -0.2) is 14.5 Å². The first-order chi connectivity index (χ1) is 8.29. The molecule has 0 aliphatic heterocycles. The van der Waals surface area contributed by atoms with Gasteiger partial charge in [0.2, 0.25) is 0 Å². The molecule has 0 aliphatic rings. The van der Waals surface area contributed by atoms with Crippen LogP contribution in [0.3, 0.4) is 0 Å². The van der Waals surface area contributed by atoms with Gasteiger partial charge in [-0.3, -0.25) is 0 Å². The molecule has 0 bridgehead atoms. The van der Waals surface area contributed by atoms with E-state index < -0.39 is 0 Å². The molecule has 0 aromatic carbocycles. The zero-order valence-corrected chi connectivity index (χ0v) is 11.5. The Kier molecular flexibility index (Phi) is 4.57. The molecular weight excluding hydrogens is 254 g/mol. The van der Waals surface area contributed by atoms with Crippen LogP contribution in [0.25, 0.3) is 0 Å². The number of unbranched alkanes of at least 4 members (excludes halogenated alkanes) is 1. The molecule has 17 heavy (non-hydrogen) atoms. The van der Waals surface area contributed by atoms with Crippen LogP contribution in [0.5, 0.6) is 0 Å². The van der Waals surface area contributed by atoms with E-state index in [2.05, 4.69) is 14.5 Å². The number of thiazole rings is 1. The Morgan fingerprint density at radius 2 is 2.29 bits per heavy atom. The Hall–Kier alpha value is -0.870. The summed E-state index contributed by atoms with van der Waals surface area (Å²) in [7, 11) is 0. The lowest BCUT2D eigenvalue weighted by atomic mass is 10.2. The summed E-state index contributed by atoms with van der Waals surface area (Å²) < 4.78 is 2.19. The van der Waals surface area contributed by atoms with Gasteiger partial charge in [-0.05, 0) is 26.2 Å². The van der Waals surface area contributed by atoms with Gasteiger partial charge in [0.25, 0.3) is 0 Å². The van der Waals surface area contributed by atoms with E-state index in [-0.39, 0.29) is 0 Å². The molecule has 2 aromatic heterocycles. The number of hydrogen-bond acceptors (Lipinski definition) is 3. The number of rotatable bonds is 6. The summed E-state index contributed by atoms with van der Waals surface area (Å²) in [5, 5.41) is 3.24. The predicted octanol–water partition coefficient (Wildman–Crippen LogP) is 3.41. The molecule has 3 nitrogen and oxygen atoms in total. The second-order valence-corrected chi connectivity index (χ2v) is 5.20. The fraction of sp³-hybridized carbons (Fsp3) is 0.500. The normalized spacial score (nSPS) is 10.9. The highest BCUT2D eigenvalue weighted by Gasteiger charge is 2.01. The summed E-state index contributed by atoms with van der Waals surface area (Å²) in [6.45, 7) is 3.08. The minimum absolute atomic E-state index is 0.519. The van der Waals surface area contributed by atoms with E-state index in [4.69, 9.17) is 11.6 Å². The average Bonchev–Trinajstić information content (AvgIpc) is 2.94. The van der Waals surface area contributed by atoms with E-state index in [1.807, 2.05) is 24.7 Å². The van der Waals surface area contributed by atoms with E-state index in [1.165, 1.54) is 5.01 Å². The van der Waals surface area contributed by atoms with Gasteiger partial charge >= 0.3 is 0 Å². The Morgan fingerprint density at radius 3 is 2.94 bits per heavy atom. The first kappa shape index (κ1) is 12.6. The molecule has 0 amide bonds. The predicted molar refractivity (Wildman–Crippen MR) is 71.6 cm³/mol. The second-order valence-electron chi connectivity index (χ2n) is 3.99. The van der Waals surface area contributed by atoms with Crippen LogP contribution in [0.4, 0.5) is 0 Å². The Morgan fingerprint density at radius 1 is 1.41 bits per heavy atom. The van der Waals surface area contributed by atoms with Gasteiger partial charge in [0.15, 0.2) is 0 Å². The van der Waals surface area contributed by atoms with Crippen molar-refractivity contribution in [1.82, 2.24) is 14.5 Å². The van der Waals surface area contributed by atoms with E-state index in [9.17, 15) is 0 Å².